The molecule has 0 unspecified atom stereocenters. The van der Waals surface area contributed by atoms with Crippen LogP contribution >= 0.6 is 11.3 Å². The molecule has 0 aliphatic rings. The second-order valence-electron chi connectivity index (χ2n) is 5.78. The number of aromatic amines is 1. The predicted molar refractivity (Wildman–Crippen MR) is 100 cm³/mol. The van der Waals surface area contributed by atoms with Gasteiger partial charge in [0.15, 0.2) is 0 Å². The van der Waals surface area contributed by atoms with Crippen molar-refractivity contribution in [3.05, 3.63) is 64.1 Å². The summed E-state index contributed by atoms with van der Waals surface area (Å²) in [7, 11) is 0. The fraction of sp³-hybridized carbons (Fsp3) is 0.111. The molecule has 6 nitrogen and oxygen atoms in total. The van der Waals surface area contributed by atoms with E-state index in [-0.39, 0.29) is 5.56 Å². The van der Waals surface area contributed by atoms with Gasteiger partial charge in [-0.2, -0.15) is 0 Å². The van der Waals surface area contributed by atoms with Crippen LogP contribution in [-0.2, 0) is 0 Å². The van der Waals surface area contributed by atoms with Gasteiger partial charge >= 0.3 is 0 Å². The van der Waals surface area contributed by atoms with Crippen LogP contribution in [0.4, 0.5) is 11.6 Å². The SMILES string of the molecule is Cc1ccc2nc(-c3ccc(Nc4nnc(C)c(=O)[nH]4)cc3)sc2c1. The van der Waals surface area contributed by atoms with Crippen LogP contribution < -0.4 is 10.9 Å². The minimum Gasteiger partial charge on any atom is -0.324 e. The number of nitrogens with one attached hydrogen (secondary N) is 2. The Morgan fingerprint density at radius 2 is 1.84 bits per heavy atom. The van der Waals surface area contributed by atoms with Gasteiger partial charge in [0.05, 0.1) is 10.2 Å². The number of nitrogens with zero attached hydrogens (tertiary/aromatic N) is 3. The Bertz CT molecular complexity index is 1110. The van der Waals surface area contributed by atoms with E-state index >= 15 is 0 Å². The van der Waals surface area contributed by atoms with E-state index in [1.807, 2.05) is 30.3 Å². The van der Waals surface area contributed by atoms with Gasteiger partial charge in [-0.05, 0) is 55.8 Å². The summed E-state index contributed by atoms with van der Waals surface area (Å²) in [5.41, 5.74) is 4.20. The number of fused-ring (bicyclic) bond motifs is 1. The molecular formula is C18H15N5OS. The lowest BCUT2D eigenvalue weighted by molar-refractivity contribution is 0.908. The molecule has 0 saturated carbocycles. The van der Waals surface area contributed by atoms with Crippen LogP contribution in [0.5, 0.6) is 0 Å². The highest BCUT2D eigenvalue weighted by atomic mass is 32.1. The smallest absolute Gasteiger partial charge is 0.273 e. The maximum Gasteiger partial charge on any atom is 0.273 e. The number of H-pyrrole nitrogens is 1. The lowest BCUT2D eigenvalue weighted by atomic mass is 10.2. The number of benzene rings is 2. The van der Waals surface area contributed by atoms with E-state index in [4.69, 9.17) is 0 Å². The zero-order chi connectivity index (χ0) is 17.4. The summed E-state index contributed by atoms with van der Waals surface area (Å²) in [6.07, 6.45) is 0. The quantitative estimate of drug-likeness (QED) is 0.588. The van der Waals surface area contributed by atoms with Crippen molar-refractivity contribution in [1.82, 2.24) is 20.2 Å². The summed E-state index contributed by atoms with van der Waals surface area (Å²) in [5.74, 6) is 0.318. The van der Waals surface area contributed by atoms with Crippen LogP contribution in [0, 0.1) is 13.8 Å². The minimum absolute atomic E-state index is 0.251. The van der Waals surface area contributed by atoms with E-state index in [1.54, 1.807) is 18.3 Å². The zero-order valence-corrected chi connectivity index (χ0v) is 14.5. The highest BCUT2D eigenvalue weighted by Crippen LogP contribution is 2.31. The van der Waals surface area contributed by atoms with Crippen LogP contribution in [0.3, 0.4) is 0 Å². The first-order valence-corrected chi connectivity index (χ1v) is 8.58. The molecule has 0 spiro atoms. The van der Waals surface area contributed by atoms with Gasteiger partial charge in [0.25, 0.3) is 5.56 Å². The molecule has 0 saturated heterocycles. The van der Waals surface area contributed by atoms with Crippen molar-refractivity contribution in [2.45, 2.75) is 13.8 Å². The molecule has 2 heterocycles. The monoisotopic (exact) mass is 349 g/mol. The Balaban J connectivity index is 1.60. The number of anilines is 2. The third-order valence-corrected chi connectivity index (χ3v) is 4.87. The average molecular weight is 349 g/mol. The molecule has 124 valence electrons. The second kappa shape index (κ2) is 6.10. The Morgan fingerprint density at radius 1 is 1.04 bits per heavy atom. The summed E-state index contributed by atoms with van der Waals surface area (Å²) in [4.78, 5) is 18.9. The number of hydrogen-bond donors (Lipinski definition) is 2. The molecule has 0 aliphatic carbocycles. The molecule has 0 radical (unpaired) electrons. The van der Waals surface area contributed by atoms with Crippen LogP contribution in [-0.4, -0.2) is 20.2 Å². The van der Waals surface area contributed by atoms with Crippen molar-refractivity contribution >= 4 is 33.2 Å². The molecule has 0 atom stereocenters. The van der Waals surface area contributed by atoms with Gasteiger partial charge in [-0.1, -0.05) is 6.07 Å². The molecule has 0 aliphatic heterocycles. The van der Waals surface area contributed by atoms with Gasteiger partial charge in [0.1, 0.15) is 10.7 Å². The van der Waals surface area contributed by atoms with E-state index in [9.17, 15) is 4.79 Å². The van der Waals surface area contributed by atoms with E-state index in [1.165, 1.54) is 10.3 Å². The molecule has 0 fully saturated rings. The Labute approximate surface area is 147 Å². The minimum atomic E-state index is -0.251. The molecule has 2 aromatic heterocycles. The maximum atomic E-state index is 11.6. The summed E-state index contributed by atoms with van der Waals surface area (Å²) >= 11 is 1.68. The first-order valence-electron chi connectivity index (χ1n) is 7.77. The fourth-order valence-electron chi connectivity index (χ4n) is 2.44. The van der Waals surface area contributed by atoms with Gasteiger partial charge in [-0.25, -0.2) is 4.98 Å². The third-order valence-electron chi connectivity index (χ3n) is 3.80. The number of hydrogen-bond acceptors (Lipinski definition) is 6. The van der Waals surface area contributed by atoms with Gasteiger partial charge in [-0.3, -0.25) is 9.78 Å². The van der Waals surface area contributed by atoms with Crippen molar-refractivity contribution in [3.8, 4) is 10.6 Å². The molecule has 2 N–H and O–H groups in total. The van der Waals surface area contributed by atoms with Crippen molar-refractivity contribution in [2.24, 2.45) is 0 Å². The topological polar surface area (TPSA) is 83.6 Å². The van der Waals surface area contributed by atoms with Crippen LogP contribution in [0.15, 0.2) is 47.3 Å². The largest absolute Gasteiger partial charge is 0.324 e. The molecule has 0 amide bonds. The van der Waals surface area contributed by atoms with E-state index in [0.717, 1.165) is 21.8 Å². The second-order valence-corrected chi connectivity index (χ2v) is 6.81. The summed E-state index contributed by atoms with van der Waals surface area (Å²) < 4.78 is 1.18. The highest BCUT2D eigenvalue weighted by molar-refractivity contribution is 7.21. The molecular weight excluding hydrogens is 334 g/mol. The molecule has 2 aromatic carbocycles. The fourth-order valence-corrected chi connectivity index (χ4v) is 3.51. The Morgan fingerprint density at radius 3 is 2.60 bits per heavy atom. The molecule has 7 heteroatoms. The molecule has 0 bridgehead atoms. The van der Waals surface area contributed by atoms with Crippen molar-refractivity contribution in [1.29, 1.82) is 0 Å². The first-order chi connectivity index (χ1) is 12.1. The molecule has 25 heavy (non-hydrogen) atoms. The standard InChI is InChI=1S/C18H15N5OS/c1-10-3-8-14-15(9-10)25-17(20-14)12-4-6-13(7-5-12)19-18-21-16(24)11(2)22-23-18/h3-9H,1-2H3,(H2,19,21,23,24). The zero-order valence-electron chi connectivity index (χ0n) is 13.7. The molecule has 4 aromatic rings. The van der Waals surface area contributed by atoms with E-state index in [0.29, 0.717) is 11.6 Å². The van der Waals surface area contributed by atoms with Gasteiger partial charge < -0.3 is 5.32 Å². The number of rotatable bonds is 3. The summed E-state index contributed by atoms with van der Waals surface area (Å²) in [6.45, 7) is 3.70. The lowest BCUT2D eigenvalue weighted by Crippen LogP contribution is -2.15. The van der Waals surface area contributed by atoms with Gasteiger partial charge in [0.2, 0.25) is 5.95 Å². The van der Waals surface area contributed by atoms with Gasteiger partial charge in [0, 0.05) is 11.3 Å². The summed E-state index contributed by atoms with van der Waals surface area (Å²) in [6, 6.07) is 14.1. The average Bonchev–Trinajstić information content (AvgIpc) is 3.02. The van der Waals surface area contributed by atoms with E-state index < -0.39 is 0 Å². The Kier molecular flexibility index (Phi) is 3.77. The van der Waals surface area contributed by atoms with Crippen molar-refractivity contribution in [3.63, 3.8) is 0 Å². The van der Waals surface area contributed by atoms with Gasteiger partial charge in [-0.15, -0.1) is 21.5 Å². The van der Waals surface area contributed by atoms with Crippen LogP contribution in [0.2, 0.25) is 0 Å². The normalized spacial score (nSPS) is 11.0. The lowest BCUT2D eigenvalue weighted by Gasteiger charge is -2.05. The number of aromatic nitrogens is 4. The summed E-state index contributed by atoms with van der Waals surface area (Å²) in [5, 5.41) is 11.8. The van der Waals surface area contributed by atoms with E-state index in [2.05, 4.69) is 44.5 Å². The van der Waals surface area contributed by atoms with Crippen molar-refractivity contribution in [2.75, 3.05) is 5.32 Å². The maximum absolute atomic E-state index is 11.6. The number of thiazole rings is 1. The highest BCUT2D eigenvalue weighted by Gasteiger charge is 2.07. The number of aryl methyl sites for hydroxylation is 2. The van der Waals surface area contributed by atoms with Crippen LogP contribution in [0.1, 0.15) is 11.3 Å². The van der Waals surface area contributed by atoms with Crippen LogP contribution in [0.25, 0.3) is 20.8 Å². The molecule has 4 rings (SSSR count). The van der Waals surface area contributed by atoms with Crippen molar-refractivity contribution < 1.29 is 0 Å². The predicted octanol–water partition coefficient (Wildman–Crippen LogP) is 3.80. The first kappa shape index (κ1) is 15.5. The Hall–Kier alpha value is -3.06. The third kappa shape index (κ3) is 3.14.